The Balaban J connectivity index is 2.19. The van der Waals surface area contributed by atoms with E-state index < -0.39 is 6.10 Å². The molecule has 5 nitrogen and oxygen atoms in total. The molecule has 5 heteroatoms. The quantitative estimate of drug-likeness (QED) is 0.750. The second-order valence-corrected chi connectivity index (χ2v) is 5.18. The average molecular weight is 234 g/mol. The maximum absolute atomic E-state index is 10.2. The standard InChI is InChI=1S/C12H18N4O/c1-12(2,3)14-7-10(17)8-4-5-13-11-9(8)6-15-16-11/h4-6,10,14,17H,7H2,1-3H3,(H,13,15,16)/t10-/m0/s1. The zero-order valence-electron chi connectivity index (χ0n) is 10.4. The molecule has 0 aliphatic heterocycles. The fourth-order valence-electron chi connectivity index (χ4n) is 1.67. The van der Waals surface area contributed by atoms with Crippen LogP contribution in [-0.2, 0) is 0 Å². The van der Waals surface area contributed by atoms with Gasteiger partial charge in [-0.3, -0.25) is 5.10 Å². The second-order valence-electron chi connectivity index (χ2n) is 5.18. The number of aliphatic hydroxyl groups is 1. The zero-order valence-corrected chi connectivity index (χ0v) is 10.4. The summed E-state index contributed by atoms with van der Waals surface area (Å²) in [7, 11) is 0. The zero-order chi connectivity index (χ0) is 12.5. The highest BCUT2D eigenvalue weighted by molar-refractivity contribution is 5.78. The maximum atomic E-state index is 10.2. The predicted molar refractivity (Wildman–Crippen MR) is 66.6 cm³/mol. The summed E-state index contributed by atoms with van der Waals surface area (Å²) in [6.45, 7) is 6.72. The monoisotopic (exact) mass is 234 g/mol. The molecular weight excluding hydrogens is 216 g/mol. The number of aromatic nitrogens is 3. The number of aromatic amines is 1. The summed E-state index contributed by atoms with van der Waals surface area (Å²) in [5.74, 6) is 0. The molecule has 2 rings (SSSR count). The fraction of sp³-hybridized carbons (Fsp3) is 0.500. The SMILES string of the molecule is CC(C)(C)NC[C@H](O)c1ccnc2[nH]ncc12. The van der Waals surface area contributed by atoms with Gasteiger partial charge in [-0.1, -0.05) is 0 Å². The number of nitrogens with one attached hydrogen (secondary N) is 2. The normalized spacial score (nSPS) is 14.1. The summed E-state index contributed by atoms with van der Waals surface area (Å²) < 4.78 is 0. The van der Waals surface area contributed by atoms with Crippen molar-refractivity contribution in [3.8, 4) is 0 Å². The Bertz CT molecular complexity index is 500. The van der Waals surface area contributed by atoms with E-state index in [0.717, 1.165) is 10.9 Å². The molecular formula is C12H18N4O. The summed E-state index contributed by atoms with van der Waals surface area (Å²) in [4.78, 5) is 4.14. The second kappa shape index (κ2) is 4.43. The van der Waals surface area contributed by atoms with Gasteiger partial charge in [-0.15, -0.1) is 0 Å². The van der Waals surface area contributed by atoms with Gasteiger partial charge in [0.1, 0.15) is 0 Å². The van der Waals surface area contributed by atoms with Gasteiger partial charge in [0.05, 0.1) is 12.3 Å². The minimum absolute atomic E-state index is 0.0104. The molecule has 3 N–H and O–H groups in total. The first-order valence-electron chi connectivity index (χ1n) is 5.68. The molecule has 17 heavy (non-hydrogen) atoms. The van der Waals surface area contributed by atoms with Crippen LogP contribution in [0, 0.1) is 0 Å². The van der Waals surface area contributed by atoms with Crippen molar-refractivity contribution in [3.05, 3.63) is 24.0 Å². The third-order valence-corrected chi connectivity index (χ3v) is 2.57. The van der Waals surface area contributed by atoms with Crippen LogP contribution >= 0.6 is 0 Å². The number of H-pyrrole nitrogens is 1. The Labute approximate surface area is 100 Å². The topological polar surface area (TPSA) is 73.8 Å². The van der Waals surface area contributed by atoms with Gasteiger partial charge in [0, 0.05) is 23.7 Å². The number of fused-ring (bicyclic) bond motifs is 1. The molecule has 0 aromatic carbocycles. The van der Waals surface area contributed by atoms with Crippen LogP contribution in [0.4, 0.5) is 0 Å². The van der Waals surface area contributed by atoms with Crippen molar-refractivity contribution in [2.75, 3.05) is 6.54 Å². The molecule has 2 aromatic rings. The highest BCUT2D eigenvalue weighted by Gasteiger charge is 2.16. The van der Waals surface area contributed by atoms with E-state index in [9.17, 15) is 5.11 Å². The first kappa shape index (κ1) is 12.0. The van der Waals surface area contributed by atoms with Crippen LogP contribution in [0.5, 0.6) is 0 Å². The van der Waals surface area contributed by atoms with Crippen LogP contribution in [0.2, 0.25) is 0 Å². The van der Waals surface area contributed by atoms with Crippen LogP contribution in [0.1, 0.15) is 32.4 Å². The largest absolute Gasteiger partial charge is 0.387 e. The van der Waals surface area contributed by atoms with Crippen molar-refractivity contribution >= 4 is 11.0 Å². The molecule has 0 spiro atoms. The Morgan fingerprint density at radius 2 is 2.24 bits per heavy atom. The fourth-order valence-corrected chi connectivity index (χ4v) is 1.67. The molecule has 0 unspecified atom stereocenters. The summed E-state index contributed by atoms with van der Waals surface area (Å²) in [6, 6.07) is 1.83. The molecule has 0 saturated carbocycles. The van der Waals surface area contributed by atoms with Crippen LogP contribution in [0.25, 0.3) is 11.0 Å². The molecule has 2 aromatic heterocycles. The summed E-state index contributed by atoms with van der Waals surface area (Å²) in [5.41, 5.74) is 1.54. The molecule has 0 fully saturated rings. The van der Waals surface area contributed by atoms with Crippen LogP contribution < -0.4 is 5.32 Å². The predicted octanol–water partition coefficient (Wildman–Crippen LogP) is 1.38. The molecule has 0 aliphatic carbocycles. The number of hydrogen-bond donors (Lipinski definition) is 3. The lowest BCUT2D eigenvalue weighted by atomic mass is 10.1. The van der Waals surface area contributed by atoms with Gasteiger partial charge in [0.15, 0.2) is 5.65 Å². The molecule has 1 atom stereocenters. The average Bonchev–Trinajstić information content (AvgIpc) is 2.72. The third-order valence-electron chi connectivity index (χ3n) is 2.57. The molecule has 0 aliphatic rings. The highest BCUT2D eigenvalue weighted by atomic mass is 16.3. The number of aliphatic hydroxyl groups excluding tert-OH is 1. The van der Waals surface area contributed by atoms with E-state index in [1.165, 1.54) is 0 Å². The molecule has 0 saturated heterocycles. The van der Waals surface area contributed by atoms with Crippen molar-refractivity contribution in [1.82, 2.24) is 20.5 Å². The van der Waals surface area contributed by atoms with Gasteiger partial charge in [0.2, 0.25) is 0 Å². The van der Waals surface area contributed by atoms with E-state index in [4.69, 9.17) is 0 Å². The van der Waals surface area contributed by atoms with E-state index in [1.807, 2.05) is 6.07 Å². The Morgan fingerprint density at radius 3 is 2.94 bits per heavy atom. The van der Waals surface area contributed by atoms with Gasteiger partial charge < -0.3 is 10.4 Å². The first-order valence-corrected chi connectivity index (χ1v) is 5.68. The van der Waals surface area contributed by atoms with E-state index in [1.54, 1.807) is 12.4 Å². The lowest BCUT2D eigenvalue weighted by Crippen LogP contribution is -2.38. The van der Waals surface area contributed by atoms with E-state index in [0.29, 0.717) is 12.2 Å². The van der Waals surface area contributed by atoms with Crippen LogP contribution in [-0.4, -0.2) is 32.4 Å². The number of nitrogens with zero attached hydrogens (tertiary/aromatic N) is 2. The lowest BCUT2D eigenvalue weighted by Gasteiger charge is -2.23. The van der Waals surface area contributed by atoms with E-state index in [2.05, 4.69) is 41.3 Å². The summed E-state index contributed by atoms with van der Waals surface area (Å²) in [6.07, 6.45) is 2.81. The minimum atomic E-state index is -0.558. The van der Waals surface area contributed by atoms with Crippen LogP contribution in [0.15, 0.2) is 18.5 Å². The van der Waals surface area contributed by atoms with Crippen LogP contribution in [0.3, 0.4) is 0 Å². The van der Waals surface area contributed by atoms with Gasteiger partial charge >= 0.3 is 0 Å². The van der Waals surface area contributed by atoms with Crippen molar-refractivity contribution in [2.45, 2.75) is 32.4 Å². The molecule has 0 amide bonds. The highest BCUT2D eigenvalue weighted by Crippen LogP contribution is 2.21. The first-order chi connectivity index (χ1) is 7.97. The number of hydrogen-bond acceptors (Lipinski definition) is 4. The molecule has 2 heterocycles. The Hall–Kier alpha value is -1.46. The number of β-amino-alcohol motifs (C(OH)–C–C–N with tert-alkyl or cyclic N) is 1. The van der Waals surface area contributed by atoms with Crippen molar-refractivity contribution in [3.63, 3.8) is 0 Å². The summed E-state index contributed by atoms with van der Waals surface area (Å²) >= 11 is 0. The lowest BCUT2D eigenvalue weighted by molar-refractivity contribution is 0.164. The Morgan fingerprint density at radius 1 is 1.47 bits per heavy atom. The van der Waals surface area contributed by atoms with Crippen molar-refractivity contribution in [2.24, 2.45) is 0 Å². The van der Waals surface area contributed by atoms with Crippen molar-refractivity contribution in [1.29, 1.82) is 0 Å². The van der Waals surface area contributed by atoms with Gasteiger partial charge in [-0.2, -0.15) is 5.10 Å². The molecule has 0 radical (unpaired) electrons. The van der Waals surface area contributed by atoms with Gasteiger partial charge in [-0.05, 0) is 32.4 Å². The van der Waals surface area contributed by atoms with Gasteiger partial charge in [-0.25, -0.2) is 4.98 Å². The maximum Gasteiger partial charge on any atom is 0.155 e. The number of pyridine rings is 1. The number of rotatable bonds is 3. The van der Waals surface area contributed by atoms with E-state index >= 15 is 0 Å². The Kier molecular flexibility index (Phi) is 3.13. The minimum Gasteiger partial charge on any atom is -0.387 e. The smallest absolute Gasteiger partial charge is 0.155 e. The molecule has 92 valence electrons. The van der Waals surface area contributed by atoms with E-state index in [-0.39, 0.29) is 5.54 Å². The van der Waals surface area contributed by atoms with Gasteiger partial charge in [0.25, 0.3) is 0 Å². The van der Waals surface area contributed by atoms with Crippen molar-refractivity contribution < 1.29 is 5.11 Å². The third kappa shape index (κ3) is 2.81. The summed E-state index contributed by atoms with van der Waals surface area (Å²) in [5, 5.41) is 21.0. The molecule has 0 bridgehead atoms.